The highest BCUT2D eigenvalue weighted by Gasteiger charge is 2.25. The Morgan fingerprint density at radius 1 is 0.692 bits per heavy atom. The summed E-state index contributed by atoms with van der Waals surface area (Å²) >= 11 is 0. The molecule has 2 aromatic carbocycles. The van der Waals surface area contributed by atoms with Crippen molar-refractivity contribution in [1.82, 2.24) is 4.98 Å². The maximum Gasteiger partial charge on any atom is 0.0809 e. The first-order valence-electron chi connectivity index (χ1n) is 9.33. The van der Waals surface area contributed by atoms with Gasteiger partial charge in [-0.1, -0.05) is 70.2 Å². The second-order valence-corrected chi connectivity index (χ2v) is 7.52. The third-order valence-electron chi connectivity index (χ3n) is 5.11. The summed E-state index contributed by atoms with van der Waals surface area (Å²) in [5, 5.41) is 0. The van der Waals surface area contributed by atoms with E-state index in [4.69, 9.17) is 4.99 Å². The molecule has 0 bridgehead atoms. The lowest BCUT2D eigenvalue weighted by Gasteiger charge is -2.17. The van der Waals surface area contributed by atoms with Crippen LogP contribution in [-0.2, 0) is 0 Å². The van der Waals surface area contributed by atoms with Crippen LogP contribution in [0, 0.1) is 0 Å². The van der Waals surface area contributed by atoms with Crippen molar-refractivity contribution in [2.75, 3.05) is 0 Å². The van der Waals surface area contributed by atoms with Gasteiger partial charge < -0.3 is 0 Å². The van der Waals surface area contributed by atoms with Gasteiger partial charge in [0.25, 0.3) is 0 Å². The smallest absolute Gasteiger partial charge is 0.0809 e. The van der Waals surface area contributed by atoms with E-state index in [1.807, 2.05) is 12.4 Å². The van der Waals surface area contributed by atoms with E-state index in [0.29, 0.717) is 11.8 Å². The normalized spacial score (nSPS) is 14.2. The van der Waals surface area contributed by atoms with Gasteiger partial charge in [0, 0.05) is 23.5 Å². The molecule has 1 heterocycles. The molecule has 26 heavy (non-hydrogen) atoms. The summed E-state index contributed by atoms with van der Waals surface area (Å²) < 4.78 is 0. The van der Waals surface area contributed by atoms with Crippen LogP contribution in [0.15, 0.2) is 65.9 Å². The largest absolute Gasteiger partial charge is 0.264 e. The molecule has 0 saturated heterocycles. The van der Waals surface area contributed by atoms with Gasteiger partial charge in [0.15, 0.2) is 0 Å². The predicted molar refractivity (Wildman–Crippen MR) is 110 cm³/mol. The fraction of sp³-hybridized carbons (Fsp3) is 0.250. The molecule has 2 heteroatoms. The average Bonchev–Trinajstić information content (AvgIpc) is 2.96. The molecule has 0 aliphatic heterocycles. The first-order valence-corrected chi connectivity index (χ1v) is 9.33. The number of benzene rings is 2. The highest BCUT2D eigenvalue weighted by atomic mass is 14.8. The van der Waals surface area contributed by atoms with Crippen molar-refractivity contribution in [1.29, 1.82) is 0 Å². The van der Waals surface area contributed by atoms with Gasteiger partial charge in [-0.3, -0.25) is 4.98 Å². The number of hydrogen-bond acceptors (Lipinski definition) is 2. The lowest BCUT2D eigenvalue weighted by atomic mass is 9.92. The average molecular weight is 340 g/mol. The molecule has 4 rings (SSSR count). The minimum absolute atomic E-state index is 0.429. The number of rotatable bonds is 3. The standard InChI is InChI=1S/C24H24N2/c1-15(2)17-10-7-11-18(16(3)4)23(17)26-24-21-9-6-5-8-19(21)20-12-13-25-14-22(20)24/h5-16H,1-4H3. The summed E-state index contributed by atoms with van der Waals surface area (Å²) in [6, 6.07) is 17.2. The van der Waals surface area contributed by atoms with Crippen molar-refractivity contribution < 1.29 is 0 Å². The fourth-order valence-corrected chi connectivity index (χ4v) is 3.76. The van der Waals surface area contributed by atoms with Crippen molar-refractivity contribution in [2.45, 2.75) is 39.5 Å². The maximum atomic E-state index is 5.26. The number of aliphatic imine (C=N–C) groups is 1. The second-order valence-electron chi connectivity index (χ2n) is 7.52. The lowest BCUT2D eigenvalue weighted by Crippen LogP contribution is -2.01. The Morgan fingerprint density at radius 2 is 1.31 bits per heavy atom. The van der Waals surface area contributed by atoms with Crippen LogP contribution in [0.3, 0.4) is 0 Å². The van der Waals surface area contributed by atoms with Gasteiger partial charge in [-0.05, 0) is 40.2 Å². The molecular formula is C24H24N2. The minimum atomic E-state index is 0.429. The molecule has 0 atom stereocenters. The van der Waals surface area contributed by atoms with Crippen LogP contribution >= 0.6 is 0 Å². The molecule has 3 aromatic rings. The van der Waals surface area contributed by atoms with Crippen LogP contribution in [0.4, 0.5) is 5.69 Å². The quantitative estimate of drug-likeness (QED) is 0.419. The number of fused-ring (bicyclic) bond motifs is 3. The van der Waals surface area contributed by atoms with Crippen LogP contribution in [0.2, 0.25) is 0 Å². The molecule has 0 saturated carbocycles. The highest BCUT2D eigenvalue weighted by Crippen LogP contribution is 2.40. The van der Waals surface area contributed by atoms with Crippen LogP contribution < -0.4 is 0 Å². The molecule has 1 aromatic heterocycles. The lowest BCUT2D eigenvalue weighted by molar-refractivity contribution is 0.835. The molecule has 0 amide bonds. The maximum absolute atomic E-state index is 5.26. The second kappa shape index (κ2) is 6.53. The van der Waals surface area contributed by atoms with Crippen molar-refractivity contribution in [3.05, 3.63) is 83.2 Å². The van der Waals surface area contributed by atoms with Gasteiger partial charge >= 0.3 is 0 Å². The minimum Gasteiger partial charge on any atom is -0.264 e. The zero-order valence-corrected chi connectivity index (χ0v) is 15.8. The molecule has 130 valence electrons. The number of para-hydroxylation sites is 1. The predicted octanol–water partition coefficient (Wildman–Crippen LogP) is 6.48. The Morgan fingerprint density at radius 3 is 1.96 bits per heavy atom. The summed E-state index contributed by atoms with van der Waals surface area (Å²) in [6.07, 6.45) is 3.81. The van der Waals surface area contributed by atoms with Gasteiger partial charge in [0.05, 0.1) is 11.4 Å². The Labute approximate surface area is 155 Å². The van der Waals surface area contributed by atoms with E-state index in [9.17, 15) is 0 Å². The molecule has 1 aliphatic rings. The molecule has 0 N–H and O–H groups in total. The first-order chi connectivity index (χ1) is 12.6. The van der Waals surface area contributed by atoms with Crippen molar-refractivity contribution in [2.24, 2.45) is 4.99 Å². The summed E-state index contributed by atoms with van der Waals surface area (Å²) in [5.74, 6) is 0.858. The van der Waals surface area contributed by atoms with Gasteiger partial charge in [0.2, 0.25) is 0 Å². The van der Waals surface area contributed by atoms with E-state index in [1.165, 1.54) is 27.8 Å². The van der Waals surface area contributed by atoms with E-state index in [-0.39, 0.29) is 0 Å². The number of hydrogen-bond donors (Lipinski definition) is 0. The Hall–Kier alpha value is -2.74. The van der Waals surface area contributed by atoms with Crippen molar-refractivity contribution >= 4 is 11.4 Å². The molecule has 0 radical (unpaired) electrons. The Balaban J connectivity index is 2.01. The van der Waals surface area contributed by atoms with Crippen molar-refractivity contribution in [3.63, 3.8) is 0 Å². The van der Waals surface area contributed by atoms with Gasteiger partial charge in [-0.2, -0.15) is 0 Å². The molecule has 2 nitrogen and oxygen atoms in total. The van der Waals surface area contributed by atoms with Gasteiger partial charge in [-0.15, -0.1) is 0 Å². The third-order valence-corrected chi connectivity index (χ3v) is 5.11. The monoisotopic (exact) mass is 340 g/mol. The zero-order chi connectivity index (χ0) is 18.3. The summed E-state index contributed by atoms with van der Waals surface area (Å²) in [7, 11) is 0. The Kier molecular flexibility index (Phi) is 4.20. The zero-order valence-electron chi connectivity index (χ0n) is 15.8. The van der Waals surface area contributed by atoms with E-state index in [2.05, 4.69) is 81.2 Å². The van der Waals surface area contributed by atoms with Crippen LogP contribution in [0.5, 0.6) is 0 Å². The first kappa shape index (κ1) is 16.7. The van der Waals surface area contributed by atoms with Crippen molar-refractivity contribution in [3.8, 4) is 11.1 Å². The number of nitrogens with zero attached hydrogens (tertiary/aromatic N) is 2. The van der Waals surface area contributed by atoms with E-state index >= 15 is 0 Å². The van der Waals surface area contributed by atoms with E-state index in [1.54, 1.807) is 0 Å². The molecular weight excluding hydrogens is 316 g/mol. The van der Waals surface area contributed by atoms with Crippen LogP contribution in [-0.4, -0.2) is 10.7 Å². The summed E-state index contributed by atoms with van der Waals surface area (Å²) in [4.78, 5) is 9.63. The molecule has 0 spiro atoms. The summed E-state index contributed by atoms with van der Waals surface area (Å²) in [6.45, 7) is 8.95. The van der Waals surface area contributed by atoms with E-state index < -0.39 is 0 Å². The molecule has 0 unspecified atom stereocenters. The highest BCUT2D eigenvalue weighted by molar-refractivity contribution is 6.25. The van der Waals surface area contributed by atoms with Gasteiger partial charge in [0.1, 0.15) is 0 Å². The third kappa shape index (κ3) is 2.66. The van der Waals surface area contributed by atoms with E-state index in [0.717, 1.165) is 17.0 Å². The molecule has 0 fully saturated rings. The summed E-state index contributed by atoms with van der Waals surface area (Å²) in [5.41, 5.74) is 9.57. The van der Waals surface area contributed by atoms with Crippen LogP contribution in [0.25, 0.3) is 11.1 Å². The fourth-order valence-electron chi connectivity index (χ4n) is 3.76. The molecule has 1 aliphatic carbocycles. The SMILES string of the molecule is CC(C)c1cccc(C(C)C)c1N=C1c2ccccc2-c2ccncc21. The Bertz CT molecular complexity index is 923. The van der Waals surface area contributed by atoms with Gasteiger partial charge in [-0.25, -0.2) is 4.99 Å². The van der Waals surface area contributed by atoms with Crippen LogP contribution in [0.1, 0.15) is 61.8 Å². The topological polar surface area (TPSA) is 25.2 Å². The number of pyridine rings is 1. The number of aromatic nitrogens is 1.